The number of esters is 1. The van der Waals surface area contributed by atoms with E-state index in [0.717, 1.165) is 16.8 Å². The molecule has 1 rings (SSSR count). The fraction of sp³-hybridized carbons (Fsp3) is 0.400. The van der Waals surface area contributed by atoms with Gasteiger partial charge >= 0.3 is 5.97 Å². The Balaban J connectivity index is 2.85. The third kappa shape index (κ3) is 3.68. The molecule has 1 heterocycles. The summed E-state index contributed by atoms with van der Waals surface area (Å²) in [5.41, 5.74) is 0.443. The Morgan fingerprint density at radius 2 is 2.44 bits per heavy atom. The largest absolute Gasteiger partial charge is 0.465 e. The second-order valence-corrected chi connectivity index (χ2v) is 4.86. The molecular weight excluding hydrogens is 292 g/mol. The van der Waals surface area contributed by atoms with Crippen molar-refractivity contribution in [3.05, 3.63) is 22.3 Å². The van der Waals surface area contributed by atoms with E-state index in [1.807, 2.05) is 6.26 Å². The normalized spacial score (nSPS) is 9.94. The van der Waals surface area contributed by atoms with Crippen LogP contribution in [0.15, 0.2) is 16.7 Å². The molecular formula is C10H13BrN2O2S. The molecule has 0 atom stereocenters. The molecule has 1 aromatic rings. The molecule has 0 spiro atoms. The summed E-state index contributed by atoms with van der Waals surface area (Å²) in [7, 11) is 1.36. The number of aromatic nitrogens is 1. The van der Waals surface area contributed by atoms with Crippen molar-refractivity contribution < 1.29 is 9.53 Å². The summed E-state index contributed by atoms with van der Waals surface area (Å²) in [5.74, 6) is 1.13. The Hall–Kier alpha value is -0.750. The highest BCUT2D eigenvalue weighted by atomic mass is 79.9. The highest BCUT2D eigenvalue weighted by Gasteiger charge is 2.13. The summed E-state index contributed by atoms with van der Waals surface area (Å²) in [6.45, 7) is 0.764. The van der Waals surface area contributed by atoms with Crippen molar-refractivity contribution >= 4 is 39.5 Å². The quantitative estimate of drug-likeness (QED) is 0.669. The Kier molecular flexibility index (Phi) is 5.62. The number of hydrogen-bond acceptors (Lipinski definition) is 5. The first-order chi connectivity index (χ1) is 7.69. The number of ether oxygens (including phenoxy) is 1. The summed E-state index contributed by atoms with van der Waals surface area (Å²) < 4.78 is 5.45. The zero-order valence-corrected chi connectivity index (χ0v) is 11.5. The van der Waals surface area contributed by atoms with Gasteiger partial charge in [-0.2, -0.15) is 11.8 Å². The third-order valence-corrected chi connectivity index (χ3v) is 2.90. The van der Waals surface area contributed by atoms with Crippen LogP contribution in [-0.4, -0.2) is 36.6 Å². The number of anilines is 1. The van der Waals surface area contributed by atoms with Crippen LogP contribution in [0.2, 0.25) is 0 Å². The predicted octanol–water partition coefficient (Wildman–Crippen LogP) is 2.41. The van der Waals surface area contributed by atoms with E-state index < -0.39 is 0 Å². The van der Waals surface area contributed by atoms with Crippen molar-refractivity contribution in [3.63, 3.8) is 0 Å². The molecule has 0 aromatic carbocycles. The summed E-state index contributed by atoms with van der Waals surface area (Å²) in [6, 6.07) is 1.69. The van der Waals surface area contributed by atoms with Crippen LogP contribution in [0, 0.1) is 0 Å². The second kappa shape index (κ2) is 6.75. The first-order valence-corrected chi connectivity index (χ1v) is 6.84. The smallest absolute Gasteiger partial charge is 0.341 e. The van der Waals surface area contributed by atoms with Gasteiger partial charge in [-0.25, -0.2) is 9.78 Å². The Labute approximate surface area is 107 Å². The van der Waals surface area contributed by atoms with Crippen LogP contribution < -0.4 is 5.32 Å². The first kappa shape index (κ1) is 13.3. The van der Waals surface area contributed by atoms with Gasteiger partial charge in [0.15, 0.2) is 0 Å². The number of pyridine rings is 1. The number of rotatable bonds is 5. The maximum absolute atomic E-state index is 11.5. The van der Waals surface area contributed by atoms with Gasteiger partial charge in [-0.05, 0) is 28.3 Å². The molecule has 0 aliphatic rings. The molecule has 0 amide bonds. The Morgan fingerprint density at radius 1 is 1.69 bits per heavy atom. The minimum absolute atomic E-state index is 0.388. The summed E-state index contributed by atoms with van der Waals surface area (Å²) in [4.78, 5) is 15.6. The topological polar surface area (TPSA) is 51.2 Å². The molecule has 0 fully saturated rings. The average Bonchev–Trinajstić information content (AvgIpc) is 2.30. The molecule has 0 saturated heterocycles. The molecule has 6 heteroatoms. The van der Waals surface area contributed by atoms with Gasteiger partial charge < -0.3 is 10.1 Å². The lowest BCUT2D eigenvalue weighted by Crippen LogP contribution is -2.12. The van der Waals surface area contributed by atoms with Crippen LogP contribution in [0.3, 0.4) is 0 Å². The number of hydrogen-bond donors (Lipinski definition) is 1. The van der Waals surface area contributed by atoms with Gasteiger partial charge in [-0.3, -0.25) is 0 Å². The van der Waals surface area contributed by atoms with E-state index in [1.54, 1.807) is 24.0 Å². The van der Waals surface area contributed by atoms with Crippen molar-refractivity contribution in [2.45, 2.75) is 0 Å². The minimum Gasteiger partial charge on any atom is -0.465 e. The van der Waals surface area contributed by atoms with Gasteiger partial charge in [-0.1, -0.05) is 0 Å². The van der Waals surface area contributed by atoms with Crippen LogP contribution >= 0.6 is 27.7 Å². The third-order valence-electron chi connectivity index (χ3n) is 1.86. The van der Waals surface area contributed by atoms with E-state index in [9.17, 15) is 4.79 Å². The Morgan fingerprint density at radius 3 is 3.06 bits per heavy atom. The second-order valence-electron chi connectivity index (χ2n) is 2.96. The molecule has 1 aromatic heterocycles. The summed E-state index contributed by atoms with van der Waals surface area (Å²) in [6.07, 6.45) is 3.67. The van der Waals surface area contributed by atoms with E-state index in [0.29, 0.717) is 11.4 Å². The lowest BCUT2D eigenvalue weighted by Gasteiger charge is -2.09. The zero-order valence-electron chi connectivity index (χ0n) is 9.12. The van der Waals surface area contributed by atoms with Gasteiger partial charge in [-0.15, -0.1) is 0 Å². The van der Waals surface area contributed by atoms with Crippen LogP contribution in [-0.2, 0) is 4.74 Å². The van der Waals surface area contributed by atoms with Crippen molar-refractivity contribution in [3.8, 4) is 0 Å². The summed E-state index contributed by atoms with van der Waals surface area (Å²) in [5, 5.41) is 3.10. The van der Waals surface area contributed by atoms with Gasteiger partial charge in [0.25, 0.3) is 0 Å². The molecule has 88 valence electrons. The number of nitrogens with zero attached hydrogens (tertiary/aromatic N) is 1. The first-order valence-electron chi connectivity index (χ1n) is 4.65. The molecule has 16 heavy (non-hydrogen) atoms. The fourth-order valence-corrected chi connectivity index (χ4v) is 1.75. The number of methoxy groups -OCH3 is 1. The number of carbonyl (C=O) groups excluding carboxylic acids is 1. The van der Waals surface area contributed by atoms with E-state index in [2.05, 4.69) is 26.2 Å². The minimum atomic E-state index is -0.388. The molecule has 0 bridgehead atoms. The van der Waals surface area contributed by atoms with Crippen molar-refractivity contribution in [1.29, 1.82) is 0 Å². The Bertz CT molecular complexity index is 374. The van der Waals surface area contributed by atoms with Crippen LogP contribution in [0.5, 0.6) is 0 Å². The van der Waals surface area contributed by atoms with Crippen molar-refractivity contribution in [1.82, 2.24) is 4.98 Å². The van der Waals surface area contributed by atoms with Crippen LogP contribution in [0.1, 0.15) is 10.4 Å². The van der Waals surface area contributed by atoms with Gasteiger partial charge in [0.05, 0.1) is 7.11 Å². The fourth-order valence-electron chi connectivity index (χ4n) is 1.12. The highest BCUT2D eigenvalue weighted by Crippen LogP contribution is 2.18. The summed E-state index contributed by atoms with van der Waals surface area (Å²) >= 11 is 5.00. The number of halogens is 1. The van der Waals surface area contributed by atoms with Crippen LogP contribution in [0.4, 0.5) is 5.82 Å². The average molecular weight is 305 g/mol. The molecule has 0 saturated carbocycles. The molecule has 1 N–H and O–H groups in total. The monoisotopic (exact) mass is 304 g/mol. The van der Waals surface area contributed by atoms with Crippen molar-refractivity contribution in [2.24, 2.45) is 0 Å². The van der Waals surface area contributed by atoms with Gasteiger partial charge in [0.1, 0.15) is 11.4 Å². The molecule has 0 unspecified atom stereocenters. The van der Waals surface area contributed by atoms with Crippen molar-refractivity contribution in [2.75, 3.05) is 31.0 Å². The van der Waals surface area contributed by atoms with Gasteiger partial charge in [0.2, 0.25) is 0 Å². The van der Waals surface area contributed by atoms with E-state index >= 15 is 0 Å². The highest BCUT2D eigenvalue weighted by molar-refractivity contribution is 9.10. The maximum atomic E-state index is 11.5. The number of nitrogens with one attached hydrogen (secondary N) is 1. The van der Waals surface area contributed by atoms with Crippen LogP contribution in [0.25, 0.3) is 0 Å². The zero-order chi connectivity index (χ0) is 12.0. The molecule has 0 aliphatic heterocycles. The predicted molar refractivity (Wildman–Crippen MR) is 70.1 cm³/mol. The maximum Gasteiger partial charge on any atom is 0.341 e. The molecule has 0 aliphatic carbocycles. The number of carbonyl (C=O) groups is 1. The van der Waals surface area contributed by atoms with E-state index in [1.165, 1.54) is 7.11 Å². The molecule has 4 nitrogen and oxygen atoms in total. The molecule has 0 radical (unpaired) electrons. The lowest BCUT2D eigenvalue weighted by atomic mass is 10.2. The van der Waals surface area contributed by atoms with E-state index in [-0.39, 0.29) is 5.97 Å². The number of thioether (sulfide) groups is 1. The standard InChI is InChI=1S/C10H13BrN2O2S/c1-15-10(14)8-5-7(11)6-13-9(8)12-3-4-16-2/h5-6H,3-4H2,1-2H3,(H,12,13). The van der Waals surface area contributed by atoms with E-state index in [4.69, 9.17) is 4.74 Å². The SMILES string of the molecule is COC(=O)c1cc(Br)cnc1NCCSC. The van der Waals surface area contributed by atoms with Gasteiger partial charge in [0, 0.05) is 23.0 Å². The lowest BCUT2D eigenvalue weighted by molar-refractivity contribution is 0.0601.